The number of likely N-dealkylation sites (N-methyl/N-ethyl adjacent to an activating group) is 1. The van der Waals surface area contributed by atoms with Crippen molar-refractivity contribution >= 4 is 0 Å². The maximum absolute atomic E-state index is 9.90. The first kappa shape index (κ1) is 8.97. The molecule has 1 aliphatic heterocycles. The molecule has 66 valence electrons. The Morgan fingerprint density at radius 1 is 1.55 bits per heavy atom. The molecule has 0 radical (unpaired) electrons. The molecule has 1 aliphatic rings. The monoisotopic (exact) mass is 158 g/mol. The number of nitrogens with zero attached hydrogens (tertiary/aromatic N) is 1. The van der Waals surface area contributed by atoms with Gasteiger partial charge in [-0.1, -0.05) is 0 Å². The molecule has 1 fully saturated rings. The van der Waals surface area contributed by atoms with E-state index in [1.165, 1.54) is 0 Å². The van der Waals surface area contributed by atoms with Crippen LogP contribution in [0, 0.1) is 0 Å². The second kappa shape index (κ2) is 3.09. The third kappa shape index (κ3) is 1.92. The Hall–Kier alpha value is -0.120. The van der Waals surface area contributed by atoms with Crippen LogP contribution in [0.5, 0.6) is 0 Å². The molecular weight excluding hydrogens is 140 g/mol. The maximum Gasteiger partial charge on any atom is 0.0897 e. The van der Waals surface area contributed by atoms with Gasteiger partial charge < -0.3 is 15.3 Å². The molecule has 1 unspecified atom stereocenters. The van der Waals surface area contributed by atoms with E-state index >= 15 is 0 Å². The summed E-state index contributed by atoms with van der Waals surface area (Å²) in [5.74, 6) is 0. The largest absolute Gasteiger partial charge is 0.387 e. The quantitative estimate of drug-likeness (QED) is 0.548. The number of hydrogen-bond donors (Lipinski definition) is 2. The van der Waals surface area contributed by atoms with Crippen LogP contribution >= 0.6 is 0 Å². The lowest BCUT2D eigenvalue weighted by Crippen LogP contribution is -2.58. The van der Waals surface area contributed by atoms with Crippen LogP contribution in [0.3, 0.4) is 0 Å². The Morgan fingerprint density at radius 2 is 2.18 bits per heavy atom. The summed E-state index contributed by atoms with van der Waals surface area (Å²) in [6, 6.07) is 0.295. The van der Waals surface area contributed by atoms with Gasteiger partial charge >= 0.3 is 0 Å². The third-order valence-corrected chi connectivity index (χ3v) is 2.42. The molecule has 1 heterocycles. The van der Waals surface area contributed by atoms with E-state index in [0.29, 0.717) is 12.6 Å². The molecule has 0 saturated carbocycles. The molecule has 0 aromatic heterocycles. The van der Waals surface area contributed by atoms with Gasteiger partial charge in [-0.05, 0) is 34.0 Å². The van der Waals surface area contributed by atoms with Crippen LogP contribution in [0.25, 0.3) is 0 Å². The van der Waals surface area contributed by atoms with Gasteiger partial charge in [0.25, 0.3) is 0 Å². The van der Waals surface area contributed by atoms with E-state index in [2.05, 4.69) is 10.2 Å². The van der Waals surface area contributed by atoms with Crippen molar-refractivity contribution in [1.82, 2.24) is 10.2 Å². The van der Waals surface area contributed by atoms with Crippen LogP contribution in [0.15, 0.2) is 0 Å². The van der Waals surface area contributed by atoms with Crippen molar-refractivity contribution < 1.29 is 5.11 Å². The van der Waals surface area contributed by atoms with Gasteiger partial charge in [0, 0.05) is 12.6 Å². The van der Waals surface area contributed by atoms with Crippen LogP contribution in [0.1, 0.15) is 13.3 Å². The van der Waals surface area contributed by atoms with Gasteiger partial charge in [-0.3, -0.25) is 0 Å². The van der Waals surface area contributed by atoms with Gasteiger partial charge in [-0.2, -0.15) is 0 Å². The second-order valence-corrected chi connectivity index (χ2v) is 3.80. The summed E-state index contributed by atoms with van der Waals surface area (Å²) < 4.78 is 0. The highest BCUT2D eigenvalue weighted by atomic mass is 16.3. The predicted molar refractivity (Wildman–Crippen MR) is 45.6 cm³/mol. The summed E-state index contributed by atoms with van der Waals surface area (Å²) in [6.07, 6.45) is 1.03. The number of piperidine rings is 1. The Morgan fingerprint density at radius 3 is 2.55 bits per heavy atom. The van der Waals surface area contributed by atoms with Crippen LogP contribution in [0.4, 0.5) is 0 Å². The average Bonchev–Trinajstić information content (AvgIpc) is 1.85. The summed E-state index contributed by atoms with van der Waals surface area (Å²) >= 11 is 0. The maximum atomic E-state index is 9.90. The molecule has 11 heavy (non-hydrogen) atoms. The molecule has 1 saturated heterocycles. The highest BCUT2D eigenvalue weighted by Crippen LogP contribution is 2.19. The predicted octanol–water partition coefficient (Wildman–Crippen LogP) is -0.339. The van der Waals surface area contributed by atoms with Crippen molar-refractivity contribution in [2.45, 2.75) is 25.0 Å². The Balaban J connectivity index is 2.60. The van der Waals surface area contributed by atoms with Gasteiger partial charge in [0.1, 0.15) is 0 Å². The Bertz CT molecular complexity index is 134. The van der Waals surface area contributed by atoms with Crippen molar-refractivity contribution in [1.29, 1.82) is 0 Å². The minimum atomic E-state index is -0.568. The fourth-order valence-electron chi connectivity index (χ4n) is 1.82. The average molecular weight is 158 g/mol. The highest BCUT2D eigenvalue weighted by Gasteiger charge is 2.35. The Kier molecular flexibility index (Phi) is 2.52. The van der Waals surface area contributed by atoms with Crippen molar-refractivity contribution in [3.8, 4) is 0 Å². The lowest BCUT2D eigenvalue weighted by molar-refractivity contribution is -0.0343. The number of hydrogen-bond acceptors (Lipinski definition) is 3. The zero-order valence-electron chi connectivity index (χ0n) is 7.59. The molecule has 0 aromatic carbocycles. The molecule has 0 bridgehead atoms. The summed E-state index contributed by atoms with van der Waals surface area (Å²) in [5.41, 5.74) is -0.568. The molecule has 2 N–H and O–H groups in total. The molecule has 3 nitrogen and oxygen atoms in total. The minimum absolute atomic E-state index is 0.295. The topological polar surface area (TPSA) is 35.5 Å². The van der Waals surface area contributed by atoms with Gasteiger partial charge in [-0.25, -0.2) is 0 Å². The van der Waals surface area contributed by atoms with Gasteiger partial charge in [0.2, 0.25) is 0 Å². The first-order valence-electron chi connectivity index (χ1n) is 4.13. The van der Waals surface area contributed by atoms with Gasteiger partial charge in [0.15, 0.2) is 0 Å². The van der Waals surface area contributed by atoms with Crippen LogP contribution in [-0.4, -0.2) is 48.8 Å². The standard InChI is InChI=1S/C8H18N2O/c1-8(11)6-9-5-4-7(8)10(2)3/h7,9,11H,4-6H2,1-3H3/t7?,8-/m1/s1. The number of rotatable bonds is 1. The van der Waals surface area contributed by atoms with E-state index in [1.807, 2.05) is 21.0 Å². The van der Waals surface area contributed by atoms with E-state index in [1.54, 1.807) is 0 Å². The van der Waals surface area contributed by atoms with E-state index in [-0.39, 0.29) is 0 Å². The SMILES string of the molecule is CN(C)C1CCNC[C@@]1(C)O. The van der Waals surface area contributed by atoms with Gasteiger partial charge in [0.05, 0.1) is 5.60 Å². The van der Waals surface area contributed by atoms with E-state index < -0.39 is 5.60 Å². The zero-order valence-corrected chi connectivity index (χ0v) is 7.59. The second-order valence-electron chi connectivity index (χ2n) is 3.80. The van der Waals surface area contributed by atoms with E-state index in [4.69, 9.17) is 0 Å². The van der Waals surface area contributed by atoms with Crippen molar-refractivity contribution in [3.63, 3.8) is 0 Å². The lowest BCUT2D eigenvalue weighted by Gasteiger charge is -2.41. The first-order chi connectivity index (χ1) is 5.04. The number of β-amino-alcohol motifs (C(OH)–C–C–N with tert-alkyl or cyclic N) is 1. The van der Waals surface area contributed by atoms with Gasteiger partial charge in [-0.15, -0.1) is 0 Å². The molecule has 1 rings (SSSR count). The summed E-state index contributed by atoms with van der Waals surface area (Å²) in [6.45, 7) is 3.61. The molecule has 0 spiro atoms. The van der Waals surface area contributed by atoms with E-state index in [0.717, 1.165) is 13.0 Å². The molecule has 0 aliphatic carbocycles. The molecule has 3 heteroatoms. The third-order valence-electron chi connectivity index (χ3n) is 2.42. The molecule has 0 amide bonds. The summed E-state index contributed by atoms with van der Waals surface area (Å²) in [5, 5.41) is 13.1. The number of nitrogens with one attached hydrogen (secondary N) is 1. The van der Waals surface area contributed by atoms with Crippen LogP contribution < -0.4 is 5.32 Å². The first-order valence-corrected chi connectivity index (χ1v) is 4.13. The summed E-state index contributed by atoms with van der Waals surface area (Å²) in [7, 11) is 4.04. The van der Waals surface area contributed by atoms with Crippen molar-refractivity contribution in [2.75, 3.05) is 27.2 Å². The fraction of sp³-hybridized carbons (Fsp3) is 1.00. The van der Waals surface area contributed by atoms with Crippen LogP contribution in [-0.2, 0) is 0 Å². The van der Waals surface area contributed by atoms with Crippen molar-refractivity contribution in [2.24, 2.45) is 0 Å². The lowest BCUT2D eigenvalue weighted by atomic mass is 9.90. The van der Waals surface area contributed by atoms with Crippen LogP contribution in [0.2, 0.25) is 0 Å². The minimum Gasteiger partial charge on any atom is -0.387 e. The van der Waals surface area contributed by atoms with E-state index in [9.17, 15) is 5.11 Å². The normalized spacial score (nSPS) is 39.5. The number of aliphatic hydroxyl groups is 1. The zero-order chi connectivity index (χ0) is 8.48. The Labute approximate surface area is 68.4 Å². The molecule has 2 atom stereocenters. The summed E-state index contributed by atoms with van der Waals surface area (Å²) in [4.78, 5) is 2.10. The smallest absolute Gasteiger partial charge is 0.0897 e. The molecular formula is C8H18N2O. The fourth-order valence-corrected chi connectivity index (χ4v) is 1.82. The highest BCUT2D eigenvalue weighted by molar-refractivity contribution is 4.93. The van der Waals surface area contributed by atoms with Crippen molar-refractivity contribution in [3.05, 3.63) is 0 Å². The molecule has 0 aromatic rings.